The second kappa shape index (κ2) is 12.8. The van der Waals surface area contributed by atoms with Crippen LogP contribution >= 0.6 is 11.6 Å². The zero-order chi connectivity index (χ0) is 27.8. The third kappa shape index (κ3) is 7.41. The lowest BCUT2D eigenvalue weighted by atomic mass is 9.96. The molecule has 204 valence electrons. The van der Waals surface area contributed by atoms with E-state index in [0.717, 1.165) is 36.1 Å². The van der Waals surface area contributed by atoms with Crippen LogP contribution in [0.4, 0.5) is 5.69 Å². The Hall–Kier alpha value is -3.78. The van der Waals surface area contributed by atoms with Crippen LogP contribution in [-0.2, 0) is 11.8 Å². The highest BCUT2D eigenvalue weighted by Gasteiger charge is 2.22. The molecular weight excluding hydrogens is 514 g/mol. The van der Waals surface area contributed by atoms with Crippen molar-refractivity contribution in [3.8, 4) is 17.1 Å². The number of hydrogen-bond acceptors (Lipinski definition) is 7. The van der Waals surface area contributed by atoms with E-state index in [4.69, 9.17) is 20.9 Å². The summed E-state index contributed by atoms with van der Waals surface area (Å²) >= 11 is 6.40. The summed E-state index contributed by atoms with van der Waals surface area (Å²) in [6.07, 6.45) is 6.72. The van der Waals surface area contributed by atoms with Crippen molar-refractivity contribution in [2.24, 2.45) is 0 Å². The van der Waals surface area contributed by atoms with Gasteiger partial charge >= 0.3 is 6.01 Å². The number of hydrogen-bond donors (Lipinski definition) is 0. The fourth-order valence-corrected chi connectivity index (χ4v) is 4.25. The number of ether oxygens (including phenoxy) is 1. The molecule has 0 saturated heterocycles. The van der Waals surface area contributed by atoms with Crippen LogP contribution in [0.25, 0.3) is 11.1 Å². The molecule has 2 aromatic heterocycles. The van der Waals surface area contributed by atoms with Gasteiger partial charge in [-0.25, -0.2) is 9.97 Å². The van der Waals surface area contributed by atoms with Crippen LogP contribution < -0.4 is 9.64 Å². The molecular formula is C30H34ClN5O3. The molecule has 0 aliphatic carbocycles. The van der Waals surface area contributed by atoms with Crippen LogP contribution in [0.2, 0.25) is 5.02 Å². The topological polar surface area (TPSA) is 94.2 Å². The molecule has 2 heterocycles. The molecule has 39 heavy (non-hydrogen) atoms. The number of rotatable bonds is 11. The third-order valence-electron chi connectivity index (χ3n) is 6.15. The van der Waals surface area contributed by atoms with Crippen LogP contribution in [0, 0.1) is 0 Å². The first-order valence-electron chi connectivity index (χ1n) is 13.2. The lowest BCUT2D eigenvalue weighted by Gasteiger charge is -2.24. The van der Waals surface area contributed by atoms with E-state index >= 15 is 0 Å². The standard InChI is InChI=1S/C30H34ClN5O3/c1-5-38-29-32-19-22(20-33-29)21-12-11-13-23(18-21)36(27(37)24-14-8-9-15-25(24)31)17-10-6-7-16-26-34-28(35-39-26)30(2,3)4/h8-9,11-15,18-20H,5-7,10,16-17H2,1-4H3. The lowest BCUT2D eigenvalue weighted by molar-refractivity contribution is 0.0986. The van der Waals surface area contributed by atoms with Crippen molar-refractivity contribution in [3.05, 3.63) is 83.2 Å². The molecule has 4 rings (SSSR count). The molecule has 2 aromatic carbocycles. The van der Waals surface area contributed by atoms with E-state index in [1.165, 1.54) is 0 Å². The van der Waals surface area contributed by atoms with Crippen molar-refractivity contribution in [1.82, 2.24) is 20.1 Å². The average molecular weight is 548 g/mol. The van der Waals surface area contributed by atoms with E-state index in [2.05, 4.69) is 40.9 Å². The summed E-state index contributed by atoms with van der Waals surface area (Å²) in [4.78, 5) is 28.5. The Bertz CT molecular complexity index is 1380. The molecule has 0 unspecified atom stereocenters. The van der Waals surface area contributed by atoms with Crippen molar-refractivity contribution in [2.45, 2.75) is 58.8 Å². The van der Waals surface area contributed by atoms with Crippen LogP contribution in [0.15, 0.2) is 65.4 Å². The number of aryl methyl sites for hydroxylation is 1. The molecule has 0 N–H and O–H groups in total. The molecule has 9 heteroatoms. The van der Waals surface area contributed by atoms with Gasteiger partial charge < -0.3 is 14.2 Å². The number of aromatic nitrogens is 4. The Labute approximate surface area is 234 Å². The number of carbonyl (C=O) groups excluding carboxylic acids is 1. The van der Waals surface area contributed by atoms with Gasteiger partial charge in [-0.3, -0.25) is 4.79 Å². The number of halogens is 1. The Morgan fingerprint density at radius 2 is 1.77 bits per heavy atom. The fourth-order valence-electron chi connectivity index (χ4n) is 4.03. The van der Waals surface area contributed by atoms with E-state index in [0.29, 0.717) is 47.9 Å². The highest BCUT2D eigenvalue weighted by Crippen LogP contribution is 2.28. The molecule has 0 fully saturated rings. The quantitative estimate of drug-likeness (QED) is 0.188. The number of amides is 1. The van der Waals surface area contributed by atoms with Crippen LogP contribution in [-0.4, -0.2) is 39.2 Å². The minimum Gasteiger partial charge on any atom is -0.464 e. The lowest BCUT2D eigenvalue weighted by Crippen LogP contribution is -2.32. The third-order valence-corrected chi connectivity index (χ3v) is 6.48. The molecule has 0 aliphatic heterocycles. The average Bonchev–Trinajstić information content (AvgIpc) is 3.41. The maximum atomic E-state index is 13.7. The van der Waals surface area contributed by atoms with Crippen molar-refractivity contribution in [2.75, 3.05) is 18.1 Å². The normalized spacial score (nSPS) is 11.4. The Balaban J connectivity index is 1.48. The van der Waals surface area contributed by atoms with Gasteiger partial charge in [-0.05, 0) is 49.6 Å². The minimum absolute atomic E-state index is 0.146. The summed E-state index contributed by atoms with van der Waals surface area (Å²) < 4.78 is 10.8. The summed E-state index contributed by atoms with van der Waals surface area (Å²) in [7, 11) is 0. The molecule has 0 radical (unpaired) electrons. The van der Waals surface area contributed by atoms with Gasteiger partial charge in [0.05, 0.1) is 17.2 Å². The molecule has 4 aromatic rings. The Morgan fingerprint density at radius 3 is 2.46 bits per heavy atom. The summed E-state index contributed by atoms with van der Waals surface area (Å²) in [5.74, 6) is 1.22. The van der Waals surface area contributed by atoms with E-state index < -0.39 is 0 Å². The van der Waals surface area contributed by atoms with Crippen LogP contribution in [0.3, 0.4) is 0 Å². The zero-order valence-corrected chi connectivity index (χ0v) is 23.6. The summed E-state index contributed by atoms with van der Waals surface area (Å²) in [5.41, 5.74) is 2.83. The van der Waals surface area contributed by atoms with E-state index in [9.17, 15) is 4.79 Å². The van der Waals surface area contributed by atoms with Crippen molar-refractivity contribution < 1.29 is 14.1 Å². The van der Waals surface area contributed by atoms with Crippen molar-refractivity contribution in [1.29, 1.82) is 0 Å². The molecule has 1 amide bonds. The second-order valence-corrected chi connectivity index (χ2v) is 10.7. The van der Waals surface area contributed by atoms with E-state index in [1.54, 1.807) is 29.4 Å². The molecule has 0 atom stereocenters. The molecule has 0 aliphatic rings. The SMILES string of the molecule is CCOc1ncc(-c2cccc(N(CCCCCc3nc(C(C)(C)C)no3)C(=O)c3ccccc3Cl)c2)cn1. The molecule has 0 saturated carbocycles. The highest BCUT2D eigenvalue weighted by atomic mass is 35.5. The Kier molecular flexibility index (Phi) is 9.30. The number of unbranched alkanes of at least 4 members (excludes halogenated alkanes) is 2. The number of carbonyl (C=O) groups is 1. The first-order chi connectivity index (χ1) is 18.8. The number of anilines is 1. The predicted octanol–water partition coefficient (Wildman–Crippen LogP) is 6.94. The highest BCUT2D eigenvalue weighted by molar-refractivity contribution is 6.34. The smallest absolute Gasteiger partial charge is 0.316 e. The predicted molar refractivity (Wildman–Crippen MR) is 152 cm³/mol. The summed E-state index contributed by atoms with van der Waals surface area (Å²) in [6, 6.07) is 15.3. The van der Waals surface area contributed by atoms with Gasteiger partial charge in [0.25, 0.3) is 5.91 Å². The van der Waals surface area contributed by atoms with Gasteiger partial charge in [-0.2, -0.15) is 4.98 Å². The summed E-state index contributed by atoms with van der Waals surface area (Å²) in [6.45, 7) is 9.10. The maximum Gasteiger partial charge on any atom is 0.316 e. The van der Waals surface area contributed by atoms with Gasteiger partial charge in [-0.15, -0.1) is 0 Å². The van der Waals surface area contributed by atoms with Crippen molar-refractivity contribution in [3.63, 3.8) is 0 Å². The van der Waals surface area contributed by atoms with Gasteiger partial charge in [0.1, 0.15) is 0 Å². The largest absolute Gasteiger partial charge is 0.464 e. The maximum absolute atomic E-state index is 13.7. The van der Waals surface area contributed by atoms with Gasteiger partial charge in [0, 0.05) is 42.0 Å². The van der Waals surface area contributed by atoms with E-state index in [1.807, 2.05) is 43.3 Å². The molecule has 8 nitrogen and oxygen atoms in total. The second-order valence-electron chi connectivity index (χ2n) is 10.2. The van der Waals surface area contributed by atoms with Gasteiger partial charge in [-0.1, -0.05) is 68.2 Å². The Morgan fingerprint density at radius 1 is 1.00 bits per heavy atom. The van der Waals surface area contributed by atoms with Gasteiger partial charge in [0.15, 0.2) is 5.82 Å². The number of benzene rings is 2. The summed E-state index contributed by atoms with van der Waals surface area (Å²) in [5, 5.41) is 4.52. The molecule has 0 bridgehead atoms. The van der Waals surface area contributed by atoms with Crippen LogP contribution in [0.1, 0.15) is 69.0 Å². The van der Waals surface area contributed by atoms with Crippen LogP contribution in [0.5, 0.6) is 6.01 Å². The zero-order valence-electron chi connectivity index (χ0n) is 22.9. The monoisotopic (exact) mass is 547 g/mol. The fraction of sp³-hybridized carbons (Fsp3) is 0.367. The van der Waals surface area contributed by atoms with Gasteiger partial charge in [0.2, 0.25) is 5.89 Å². The first kappa shape index (κ1) is 28.2. The van der Waals surface area contributed by atoms with Crippen molar-refractivity contribution >= 4 is 23.2 Å². The minimum atomic E-state index is -0.146. The first-order valence-corrected chi connectivity index (χ1v) is 13.6. The van der Waals surface area contributed by atoms with E-state index in [-0.39, 0.29) is 11.3 Å². The number of nitrogens with zero attached hydrogens (tertiary/aromatic N) is 5. The molecule has 0 spiro atoms.